The molecule has 4 nitrogen and oxygen atoms in total. The van der Waals surface area contributed by atoms with Crippen LogP contribution in [0.15, 0.2) is 48.5 Å². The lowest BCUT2D eigenvalue weighted by molar-refractivity contribution is -0.130. The lowest BCUT2D eigenvalue weighted by Gasteiger charge is -2.29. The Kier molecular flexibility index (Phi) is 4.05. The van der Waals surface area contributed by atoms with Gasteiger partial charge in [0.25, 0.3) is 0 Å². The Bertz CT molecular complexity index is 659. The fraction of sp³-hybridized carbons (Fsp3) is 0.235. The maximum absolute atomic E-state index is 12.4. The Morgan fingerprint density at radius 1 is 1.18 bits per heavy atom. The smallest absolute Gasteiger partial charge is 0.240 e. The van der Waals surface area contributed by atoms with E-state index in [1.807, 2.05) is 24.3 Å². The SMILES string of the molecule is N[C@@H]1CCN([C@@H](c2cccc(O)c2)c2cccc(Cl)c2)C1=O. The van der Waals surface area contributed by atoms with E-state index in [4.69, 9.17) is 17.3 Å². The van der Waals surface area contributed by atoms with Crippen LogP contribution in [0.4, 0.5) is 0 Å². The summed E-state index contributed by atoms with van der Waals surface area (Å²) in [6.07, 6.45) is 0.634. The van der Waals surface area contributed by atoms with E-state index < -0.39 is 6.04 Å². The molecule has 1 fully saturated rings. The van der Waals surface area contributed by atoms with Gasteiger partial charge in [0.2, 0.25) is 5.91 Å². The number of phenols is 1. The number of nitrogens with zero attached hydrogens (tertiary/aromatic N) is 1. The average Bonchev–Trinajstić information content (AvgIpc) is 2.80. The molecule has 1 aliphatic heterocycles. The first-order valence-electron chi connectivity index (χ1n) is 7.17. The standard InChI is InChI=1S/C17H17ClN2O2/c18-13-5-1-3-11(9-13)16(12-4-2-6-14(21)10-12)20-8-7-15(19)17(20)22/h1-6,9-10,15-16,21H,7-8,19H2/t15-,16-/m1/s1. The fourth-order valence-electron chi connectivity index (χ4n) is 2.91. The van der Waals surface area contributed by atoms with Gasteiger partial charge in [0.05, 0.1) is 12.1 Å². The third-order valence-corrected chi connectivity index (χ3v) is 4.18. The van der Waals surface area contributed by atoms with Gasteiger partial charge in [-0.3, -0.25) is 4.79 Å². The number of carbonyl (C=O) groups is 1. The second-order valence-electron chi connectivity index (χ2n) is 5.48. The summed E-state index contributed by atoms with van der Waals surface area (Å²) in [6.45, 7) is 0.590. The van der Waals surface area contributed by atoms with Gasteiger partial charge >= 0.3 is 0 Å². The third kappa shape index (κ3) is 2.80. The summed E-state index contributed by atoms with van der Waals surface area (Å²) in [5.74, 6) is 0.0915. The predicted octanol–water partition coefficient (Wildman–Crippen LogP) is 2.69. The minimum Gasteiger partial charge on any atom is -0.508 e. The van der Waals surface area contributed by atoms with Crippen molar-refractivity contribution in [2.24, 2.45) is 5.73 Å². The van der Waals surface area contributed by atoms with E-state index in [9.17, 15) is 9.90 Å². The molecule has 0 radical (unpaired) electrons. The number of benzene rings is 2. The van der Waals surface area contributed by atoms with Crippen molar-refractivity contribution in [3.63, 3.8) is 0 Å². The number of amides is 1. The van der Waals surface area contributed by atoms with Crippen molar-refractivity contribution < 1.29 is 9.90 Å². The van der Waals surface area contributed by atoms with E-state index in [2.05, 4.69) is 0 Å². The molecule has 1 amide bonds. The summed E-state index contributed by atoms with van der Waals surface area (Å²) in [5.41, 5.74) is 7.60. The van der Waals surface area contributed by atoms with E-state index >= 15 is 0 Å². The average molecular weight is 317 g/mol. The number of rotatable bonds is 3. The largest absolute Gasteiger partial charge is 0.508 e. The van der Waals surface area contributed by atoms with Crippen LogP contribution in [-0.2, 0) is 4.79 Å². The van der Waals surface area contributed by atoms with Crippen LogP contribution in [-0.4, -0.2) is 28.5 Å². The number of halogens is 1. The van der Waals surface area contributed by atoms with Crippen LogP contribution in [0.1, 0.15) is 23.6 Å². The van der Waals surface area contributed by atoms with Crippen molar-refractivity contribution in [1.82, 2.24) is 4.90 Å². The molecule has 2 atom stereocenters. The number of hydrogen-bond donors (Lipinski definition) is 2. The number of hydrogen-bond acceptors (Lipinski definition) is 3. The zero-order valence-corrected chi connectivity index (χ0v) is 12.7. The van der Waals surface area contributed by atoms with Gasteiger partial charge < -0.3 is 15.7 Å². The van der Waals surface area contributed by atoms with Crippen LogP contribution in [0.5, 0.6) is 5.75 Å². The van der Waals surface area contributed by atoms with E-state index in [-0.39, 0.29) is 17.7 Å². The van der Waals surface area contributed by atoms with Gasteiger partial charge in [-0.25, -0.2) is 0 Å². The first kappa shape index (κ1) is 14.9. The van der Waals surface area contributed by atoms with Crippen LogP contribution in [0.2, 0.25) is 5.02 Å². The number of likely N-dealkylation sites (tertiary alicyclic amines) is 1. The quantitative estimate of drug-likeness (QED) is 0.915. The molecule has 0 saturated carbocycles. The van der Waals surface area contributed by atoms with Gasteiger partial charge in [0, 0.05) is 11.6 Å². The van der Waals surface area contributed by atoms with E-state index in [1.54, 1.807) is 29.2 Å². The molecule has 1 saturated heterocycles. The van der Waals surface area contributed by atoms with E-state index in [1.165, 1.54) is 0 Å². The highest BCUT2D eigenvalue weighted by Crippen LogP contribution is 2.34. The summed E-state index contributed by atoms with van der Waals surface area (Å²) in [5, 5.41) is 10.4. The Morgan fingerprint density at radius 3 is 2.45 bits per heavy atom. The maximum Gasteiger partial charge on any atom is 0.240 e. The van der Waals surface area contributed by atoms with Gasteiger partial charge in [0.15, 0.2) is 0 Å². The molecule has 3 N–H and O–H groups in total. The Hall–Kier alpha value is -2.04. The van der Waals surface area contributed by atoms with E-state index in [0.29, 0.717) is 18.0 Å². The van der Waals surface area contributed by atoms with Crippen molar-refractivity contribution >= 4 is 17.5 Å². The summed E-state index contributed by atoms with van der Waals surface area (Å²) in [4.78, 5) is 14.1. The normalized spacial score (nSPS) is 19.5. The van der Waals surface area contributed by atoms with Crippen molar-refractivity contribution in [2.75, 3.05) is 6.54 Å². The van der Waals surface area contributed by atoms with Gasteiger partial charge in [-0.1, -0.05) is 35.9 Å². The molecule has 0 spiro atoms. The summed E-state index contributed by atoms with van der Waals surface area (Å²) < 4.78 is 0. The lowest BCUT2D eigenvalue weighted by atomic mass is 9.97. The van der Waals surface area contributed by atoms with Crippen LogP contribution in [0, 0.1) is 0 Å². The Balaban J connectivity index is 2.08. The molecule has 22 heavy (non-hydrogen) atoms. The molecule has 0 aromatic heterocycles. The van der Waals surface area contributed by atoms with Gasteiger partial charge in [-0.2, -0.15) is 0 Å². The second-order valence-corrected chi connectivity index (χ2v) is 5.92. The minimum atomic E-state index is -0.459. The number of nitrogens with two attached hydrogens (primary N) is 1. The summed E-state index contributed by atoms with van der Waals surface area (Å²) in [6, 6.07) is 13.6. The highest BCUT2D eigenvalue weighted by atomic mass is 35.5. The Labute approximate surface area is 134 Å². The maximum atomic E-state index is 12.4. The van der Waals surface area contributed by atoms with Crippen molar-refractivity contribution in [1.29, 1.82) is 0 Å². The molecule has 0 bridgehead atoms. The first-order chi connectivity index (χ1) is 10.6. The number of phenolic OH excluding ortho intramolecular Hbond substituents is 1. The molecule has 114 valence electrons. The van der Waals surface area contributed by atoms with Crippen LogP contribution in [0.3, 0.4) is 0 Å². The molecule has 5 heteroatoms. The zero-order valence-electron chi connectivity index (χ0n) is 11.9. The summed E-state index contributed by atoms with van der Waals surface area (Å²) in [7, 11) is 0. The molecule has 2 aromatic rings. The molecular formula is C17H17ClN2O2. The van der Waals surface area contributed by atoms with Gasteiger partial charge in [-0.05, 0) is 41.8 Å². The van der Waals surface area contributed by atoms with Gasteiger partial charge in [0.1, 0.15) is 5.75 Å². The second kappa shape index (κ2) is 5.99. The first-order valence-corrected chi connectivity index (χ1v) is 7.54. The lowest BCUT2D eigenvalue weighted by Crippen LogP contribution is -2.37. The van der Waals surface area contributed by atoms with Gasteiger partial charge in [-0.15, -0.1) is 0 Å². The fourth-order valence-corrected chi connectivity index (χ4v) is 3.10. The van der Waals surface area contributed by atoms with Crippen LogP contribution >= 0.6 is 11.6 Å². The monoisotopic (exact) mass is 316 g/mol. The van der Waals surface area contributed by atoms with Crippen molar-refractivity contribution in [3.8, 4) is 5.75 Å². The molecular weight excluding hydrogens is 300 g/mol. The van der Waals surface area contributed by atoms with Crippen molar-refractivity contribution in [2.45, 2.75) is 18.5 Å². The number of carbonyl (C=O) groups excluding carboxylic acids is 1. The molecule has 0 unspecified atom stereocenters. The van der Waals surface area contributed by atoms with Crippen molar-refractivity contribution in [3.05, 3.63) is 64.7 Å². The number of aromatic hydroxyl groups is 1. The molecule has 1 heterocycles. The van der Waals surface area contributed by atoms with E-state index in [0.717, 1.165) is 11.1 Å². The topological polar surface area (TPSA) is 66.6 Å². The zero-order chi connectivity index (χ0) is 15.7. The minimum absolute atomic E-state index is 0.0756. The van der Waals surface area contributed by atoms with Crippen LogP contribution in [0.25, 0.3) is 0 Å². The molecule has 2 aromatic carbocycles. The molecule has 0 aliphatic carbocycles. The van der Waals surface area contributed by atoms with Crippen LogP contribution < -0.4 is 5.73 Å². The highest BCUT2D eigenvalue weighted by molar-refractivity contribution is 6.30. The summed E-state index contributed by atoms with van der Waals surface area (Å²) >= 11 is 6.10. The molecule has 3 rings (SSSR count). The predicted molar refractivity (Wildman–Crippen MR) is 85.7 cm³/mol. The highest BCUT2D eigenvalue weighted by Gasteiger charge is 2.35. The molecule has 1 aliphatic rings. The Morgan fingerprint density at radius 2 is 1.86 bits per heavy atom. The third-order valence-electron chi connectivity index (χ3n) is 3.94.